The second kappa shape index (κ2) is 4.74. The maximum atomic E-state index is 13.5. The van der Waals surface area contributed by atoms with Crippen molar-refractivity contribution in [3.05, 3.63) is 65.0 Å². The third kappa shape index (κ3) is 2.06. The van der Waals surface area contributed by atoms with E-state index in [1.807, 2.05) is 24.3 Å². The predicted octanol–water partition coefficient (Wildman–Crippen LogP) is 3.76. The standard InChI is InChI=1S/C16H12FNO/c17-14-6-3-7-15(13(14)10-18)19-16-9-8-11-4-1-2-5-12(11)16/h1-7,16H,8-9H2. The molecule has 3 heteroatoms. The molecule has 1 unspecified atom stereocenters. The Kier molecular flexibility index (Phi) is 2.92. The number of fused-ring (bicyclic) bond motifs is 1. The number of hydrogen-bond donors (Lipinski definition) is 0. The maximum absolute atomic E-state index is 13.5. The highest BCUT2D eigenvalue weighted by molar-refractivity contribution is 5.45. The molecule has 1 aliphatic rings. The van der Waals surface area contributed by atoms with Crippen molar-refractivity contribution >= 4 is 0 Å². The minimum atomic E-state index is -0.536. The average molecular weight is 253 g/mol. The highest BCUT2D eigenvalue weighted by atomic mass is 19.1. The van der Waals surface area contributed by atoms with E-state index in [2.05, 4.69) is 6.07 Å². The van der Waals surface area contributed by atoms with Crippen LogP contribution >= 0.6 is 0 Å². The quantitative estimate of drug-likeness (QED) is 0.816. The van der Waals surface area contributed by atoms with Gasteiger partial charge in [0, 0.05) is 0 Å². The van der Waals surface area contributed by atoms with Gasteiger partial charge in [-0.15, -0.1) is 0 Å². The normalized spacial score (nSPS) is 16.7. The Morgan fingerprint density at radius 2 is 2.00 bits per heavy atom. The first kappa shape index (κ1) is 11.7. The van der Waals surface area contributed by atoms with Gasteiger partial charge in [0.2, 0.25) is 0 Å². The van der Waals surface area contributed by atoms with Crippen LogP contribution in [0.3, 0.4) is 0 Å². The fourth-order valence-corrected chi connectivity index (χ4v) is 2.50. The number of aryl methyl sites for hydroxylation is 1. The van der Waals surface area contributed by atoms with Gasteiger partial charge < -0.3 is 4.74 Å². The van der Waals surface area contributed by atoms with Crippen LogP contribution in [-0.4, -0.2) is 0 Å². The molecule has 0 bridgehead atoms. The fourth-order valence-electron chi connectivity index (χ4n) is 2.50. The molecule has 2 nitrogen and oxygen atoms in total. The molecule has 3 rings (SSSR count). The summed E-state index contributed by atoms with van der Waals surface area (Å²) in [5.41, 5.74) is 2.38. The van der Waals surface area contributed by atoms with Crippen LogP contribution in [-0.2, 0) is 6.42 Å². The molecular weight excluding hydrogens is 241 g/mol. The van der Waals surface area contributed by atoms with E-state index in [1.165, 1.54) is 11.6 Å². The average Bonchev–Trinajstić information content (AvgIpc) is 2.83. The van der Waals surface area contributed by atoms with Crippen molar-refractivity contribution in [1.29, 1.82) is 5.26 Å². The number of ether oxygens (including phenoxy) is 1. The van der Waals surface area contributed by atoms with Gasteiger partial charge in [-0.3, -0.25) is 0 Å². The molecule has 0 spiro atoms. The van der Waals surface area contributed by atoms with E-state index in [1.54, 1.807) is 12.1 Å². The number of hydrogen-bond acceptors (Lipinski definition) is 2. The van der Waals surface area contributed by atoms with E-state index in [4.69, 9.17) is 10.00 Å². The van der Waals surface area contributed by atoms with Gasteiger partial charge in [-0.25, -0.2) is 4.39 Å². The van der Waals surface area contributed by atoms with Crippen LogP contribution < -0.4 is 4.74 Å². The largest absolute Gasteiger partial charge is 0.484 e. The monoisotopic (exact) mass is 253 g/mol. The first-order chi connectivity index (χ1) is 9.29. The van der Waals surface area contributed by atoms with Gasteiger partial charge in [0.25, 0.3) is 0 Å². The van der Waals surface area contributed by atoms with E-state index in [0.29, 0.717) is 5.75 Å². The predicted molar refractivity (Wildman–Crippen MR) is 69.2 cm³/mol. The smallest absolute Gasteiger partial charge is 0.144 e. The van der Waals surface area contributed by atoms with Gasteiger partial charge in [-0.1, -0.05) is 30.3 Å². The Labute approximate surface area is 111 Å². The van der Waals surface area contributed by atoms with E-state index < -0.39 is 5.82 Å². The summed E-state index contributed by atoms with van der Waals surface area (Å²) in [4.78, 5) is 0. The highest BCUT2D eigenvalue weighted by Crippen LogP contribution is 2.36. The third-order valence-electron chi connectivity index (χ3n) is 3.43. The maximum Gasteiger partial charge on any atom is 0.144 e. The third-order valence-corrected chi connectivity index (χ3v) is 3.43. The van der Waals surface area contributed by atoms with Gasteiger partial charge in [0.15, 0.2) is 0 Å². The van der Waals surface area contributed by atoms with Crippen molar-refractivity contribution in [2.45, 2.75) is 18.9 Å². The molecule has 2 aromatic carbocycles. The number of rotatable bonds is 2. The van der Waals surface area contributed by atoms with Crippen molar-refractivity contribution < 1.29 is 9.13 Å². The highest BCUT2D eigenvalue weighted by Gasteiger charge is 2.24. The van der Waals surface area contributed by atoms with Crippen LogP contribution in [0.5, 0.6) is 5.75 Å². The molecule has 1 atom stereocenters. The minimum absolute atomic E-state index is 0.0214. The minimum Gasteiger partial charge on any atom is -0.484 e. The van der Waals surface area contributed by atoms with Crippen molar-refractivity contribution in [3.8, 4) is 11.8 Å². The summed E-state index contributed by atoms with van der Waals surface area (Å²) in [6.07, 6.45) is 1.73. The second-order valence-corrected chi connectivity index (χ2v) is 4.57. The first-order valence-corrected chi connectivity index (χ1v) is 6.22. The lowest BCUT2D eigenvalue weighted by atomic mass is 10.1. The Balaban J connectivity index is 1.92. The van der Waals surface area contributed by atoms with E-state index in [0.717, 1.165) is 18.4 Å². The summed E-state index contributed by atoms with van der Waals surface area (Å²) < 4.78 is 19.4. The zero-order chi connectivity index (χ0) is 13.2. The first-order valence-electron chi connectivity index (χ1n) is 6.22. The molecule has 19 heavy (non-hydrogen) atoms. The van der Waals surface area contributed by atoms with Crippen LogP contribution in [0, 0.1) is 17.1 Å². The number of halogens is 1. The SMILES string of the molecule is N#Cc1c(F)cccc1OC1CCc2ccccc21. The molecule has 1 aliphatic carbocycles. The molecule has 0 amide bonds. The van der Waals surface area contributed by atoms with Crippen LogP contribution in [0.4, 0.5) is 4.39 Å². The van der Waals surface area contributed by atoms with Gasteiger partial charge in [-0.05, 0) is 36.1 Å². The van der Waals surface area contributed by atoms with Crippen LogP contribution in [0.15, 0.2) is 42.5 Å². The summed E-state index contributed by atoms with van der Waals surface area (Å²) in [5.74, 6) is -0.213. The van der Waals surface area contributed by atoms with Gasteiger partial charge in [0.05, 0.1) is 0 Å². The van der Waals surface area contributed by atoms with E-state index in [9.17, 15) is 4.39 Å². The van der Waals surface area contributed by atoms with E-state index in [-0.39, 0.29) is 11.7 Å². The number of nitriles is 1. The molecule has 0 saturated carbocycles. The van der Waals surface area contributed by atoms with Crippen molar-refractivity contribution in [1.82, 2.24) is 0 Å². The lowest BCUT2D eigenvalue weighted by Gasteiger charge is -2.16. The topological polar surface area (TPSA) is 33.0 Å². The summed E-state index contributed by atoms with van der Waals surface area (Å²) in [7, 11) is 0. The molecule has 0 aliphatic heterocycles. The molecule has 0 saturated heterocycles. The zero-order valence-corrected chi connectivity index (χ0v) is 10.3. The molecule has 94 valence electrons. The Morgan fingerprint density at radius 1 is 1.16 bits per heavy atom. The zero-order valence-electron chi connectivity index (χ0n) is 10.3. The summed E-state index contributed by atoms with van der Waals surface area (Å²) in [6, 6.07) is 14.4. The Morgan fingerprint density at radius 3 is 2.84 bits per heavy atom. The summed E-state index contributed by atoms with van der Waals surface area (Å²) in [5, 5.41) is 9.00. The number of benzene rings is 2. The van der Waals surface area contributed by atoms with Crippen molar-refractivity contribution in [3.63, 3.8) is 0 Å². The summed E-state index contributed by atoms with van der Waals surface area (Å²) in [6.45, 7) is 0. The van der Waals surface area contributed by atoms with Crippen LogP contribution in [0.2, 0.25) is 0 Å². The number of nitrogens with zero attached hydrogens (tertiary/aromatic N) is 1. The lowest BCUT2D eigenvalue weighted by Crippen LogP contribution is -2.05. The van der Waals surface area contributed by atoms with Crippen molar-refractivity contribution in [2.75, 3.05) is 0 Å². The van der Waals surface area contributed by atoms with Crippen molar-refractivity contribution in [2.24, 2.45) is 0 Å². The second-order valence-electron chi connectivity index (χ2n) is 4.57. The Bertz CT molecular complexity index is 660. The van der Waals surface area contributed by atoms with Crippen LogP contribution in [0.1, 0.15) is 29.2 Å². The molecule has 2 aromatic rings. The molecule has 0 heterocycles. The summed E-state index contributed by atoms with van der Waals surface area (Å²) >= 11 is 0. The molecule has 0 fully saturated rings. The van der Waals surface area contributed by atoms with Gasteiger partial charge in [0.1, 0.15) is 29.3 Å². The van der Waals surface area contributed by atoms with Gasteiger partial charge >= 0.3 is 0 Å². The molecule has 0 radical (unpaired) electrons. The van der Waals surface area contributed by atoms with Gasteiger partial charge in [-0.2, -0.15) is 5.26 Å². The lowest BCUT2D eigenvalue weighted by molar-refractivity contribution is 0.206. The Hall–Kier alpha value is -2.34. The molecule has 0 N–H and O–H groups in total. The molecule has 0 aromatic heterocycles. The van der Waals surface area contributed by atoms with Crippen LogP contribution in [0.25, 0.3) is 0 Å². The molecular formula is C16H12FNO. The fraction of sp³-hybridized carbons (Fsp3) is 0.188. The van der Waals surface area contributed by atoms with E-state index >= 15 is 0 Å².